The van der Waals surface area contributed by atoms with Crippen molar-refractivity contribution in [3.63, 3.8) is 0 Å². The second-order valence-electron chi connectivity index (χ2n) is 6.30. The molecule has 1 amide bonds. The number of fused-ring (bicyclic) bond motifs is 1. The highest BCUT2D eigenvalue weighted by Gasteiger charge is 2.14. The van der Waals surface area contributed by atoms with Gasteiger partial charge in [0.1, 0.15) is 22.0 Å². The number of amides is 1. The molecule has 28 heavy (non-hydrogen) atoms. The zero-order chi connectivity index (χ0) is 19.3. The molecule has 0 saturated carbocycles. The van der Waals surface area contributed by atoms with Crippen molar-refractivity contribution < 1.29 is 9.53 Å². The lowest BCUT2D eigenvalue weighted by Crippen LogP contribution is -2.35. The largest absolute Gasteiger partial charge is 0.379 e. The van der Waals surface area contributed by atoms with E-state index in [1.807, 2.05) is 24.3 Å². The van der Waals surface area contributed by atoms with Gasteiger partial charge in [-0.25, -0.2) is 15.0 Å². The minimum atomic E-state index is -0.300. The van der Waals surface area contributed by atoms with Crippen LogP contribution < -0.4 is 10.6 Å². The molecule has 3 aromatic rings. The maximum Gasteiger partial charge on any atom is 0.248 e. The molecule has 2 N–H and O–H groups in total. The van der Waals surface area contributed by atoms with Crippen molar-refractivity contribution in [2.24, 2.45) is 0 Å². The molecule has 0 spiro atoms. The molecule has 144 valence electrons. The molecule has 1 aliphatic heterocycles. The number of carbonyl (C=O) groups excluding carboxylic acids is 1. The molecule has 8 nitrogen and oxygen atoms in total. The van der Waals surface area contributed by atoms with Crippen LogP contribution in [0, 0.1) is 0 Å². The molecule has 0 radical (unpaired) electrons. The van der Waals surface area contributed by atoms with Gasteiger partial charge in [-0.2, -0.15) is 0 Å². The fraction of sp³-hybridized carbons (Fsp3) is 0.263. The van der Waals surface area contributed by atoms with E-state index in [4.69, 9.17) is 4.74 Å². The van der Waals surface area contributed by atoms with Gasteiger partial charge in [-0.15, -0.1) is 0 Å². The van der Waals surface area contributed by atoms with Crippen molar-refractivity contribution in [3.05, 3.63) is 48.7 Å². The first-order valence-corrected chi connectivity index (χ1v) is 9.74. The Morgan fingerprint density at radius 1 is 1.29 bits per heavy atom. The molecule has 4 heterocycles. The van der Waals surface area contributed by atoms with Crippen LogP contribution in [0.15, 0.2) is 43.1 Å². The summed E-state index contributed by atoms with van der Waals surface area (Å²) in [7, 11) is 0. The molecule has 1 aliphatic rings. The van der Waals surface area contributed by atoms with Gasteiger partial charge in [0.2, 0.25) is 5.91 Å². The van der Waals surface area contributed by atoms with Crippen LogP contribution in [-0.2, 0) is 16.1 Å². The Labute approximate surface area is 166 Å². The number of ether oxygens (including phenoxy) is 1. The third kappa shape index (κ3) is 4.50. The van der Waals surface area contributed by atoms with E-state index in [0.29, 0.717) is 16.8 Å². The Morgan fingerprint density at radius 2 is 2.11 bits per heavy atom. The smallest absolute Gasteiger partial charge is 0.248 e. The van der Waals surface area contributed by atoms with Crippen molar-refractivity contribution in [2.45, 2.75) is 6.54 Å². The third-order valence-corrected chi connectivity index (χ3v) is 5.13. The maximum atomic E-state index is 11.7. The Kier molecular flexibility index (Phi) is 5.56. The number of thiazole rings is 1. The first-order chi connectivity index (χ1) is 13.7. The highest BCUT2D eigenvalue weighted by atomic mass is 32.1. The number of anilines is 3. The van der Waals surface area contributed by atoms with Crippen molar-refractivity contribution in [1.82, 2.24) is 19.9 Å². The Morgan fingerprint density at radius 3 is 2.89 bits per heavy atom. The minimum absolute atomic E-state index is 0.300. The first kappa shape index (κ1) is 18.5. The lowest BCUT2D eigenvalue weighted by molar-refractivity contribution is -0.111. The summed E-state index contributed by atoms with van der Waals surface area (Å²) in [6.45, 7) is 7.46. The van der Waals surface area contributed by atoms with E-state index in [1.165, 1.54) is 17.4 Å². The summed E-state index contributed by atoms with van der Waals surface area (Å²) in [6.07, 6.45) is 2.97. The standard InChI is InChI=1S/C19H20N6O2S/c1-2-17(26)23-15-10-13(12-25-6-8-27-9-7-25)11-16(22-15)24-19-21-14-4-3-5-20-18(14)28-19/h2-5,10-11H,1,6-9,12H2,(H2,21,22,23,24,26). The maximum absolute atomic E-state index is 11.7. The SMILES string of the molecule is C=CC(=O)Nc1cc(CN2CCOCC2)cc(Nc2nc3cccnc3s2)n1. The number of carbonyl (C=O) groups is 1. The van der Waals surface area contributed by atoms with Crippen LogP contribution in [-0.4, -0.2) is 52.1 Å². The van der Waals surface area contributed by atoms with Gasteiger partial charge in [0.25, 0.3) is 0 Å². The molecule has 3 aromatic heterocycles. The molecular formula is C19H20N6O2S. The fourth-order valence-electron chi connectivity index (χ4n) is 2.93. The summed E-state index contributed by atoms with van der Waals surface area (Å²) >= 11 is 1.45. The Balaban J connectivity index is 1.59. The normalized spacial score (nSPS) is 14.7. The fourth-order valence-corrected chi connectivity index (χ4v) is 3.75. The first-order valence-electron chi connectivity index (χ1n) is 8.93. The summed E-state index contributed by atoms with van der Waals surface area (Å²) in [6, 6.07) is 7.62. The highest BCUT2D eigenvalue weighted by molar-refractivity contribution is 7.21. The van der Waals surface area contributed by atoms with Crippen LogP contribution in [0.5, 0.6) is 0 Å². The average molecular weight is 396 g/mol. The summed E-state index contributed by atoms with van der Waals surface area (Å²) < 4.78 is 5.41. The van der Waals surface area contributed by atoms with E-state index in [2.05, 4.69) is 37.1 Å². The topological polar surface area (TPSA) is 92.3 Å². The highest BCUT2D eigenvalue weighted by Crippen LogP contribution is 2.27. The molecule has 1 fully saturated rings. The van der Waals surface area contributed by atoms with Crippen molar-refractivity contribution in [2.75, 3.05) is 36.9 Å². The molecule has 4 rings (SSSR count). The van der Waals surface area contributed by atoms with Crippen LogP contribution in [0.25, 0.3) is 10.3 Å². The number of aromatic nitrogens is 3. The molecule has 0 aromatic carbocycles. The van der Waals surface area contributed by atoms with Crippen LogP contribution in [0.2, 0.25) is 0 Å². The van der Waals surface area contributed by atoms with E-state index >= 15 is 0 Å². The van der Waals surface area contributed by atoms with Gasteiger partial charge in [0, 0.05) is 25.8 Å². The second-order valence-corrected chi connectivity index (χ2v) is 7.28. The van der Waals surface area contributed by atoms with E-state index in [-0.39, 0.29) is 5.91 Å². The van der Waals surface area contributed by atoms with Gasteiger partial charge in [-0.05, 0) is 35.9 Å². The average Bonchev–Trinajstić information content (AvgIpc) is 3.10. The number of nitrogens with zero attached hydrogens (tertiary/aromatic N) is 4. The zero-order valence-electron chi connectivity index (χ0n) is 15.2. The Bertz CT molecular complexity index is 966. The third-order valence-electron chi connectivity index (χ3n) is 4.23. The van der Waals surface area contributed by atoms with Crippen molar-refractivity contribution in [3.8, 4) is 0 Å². The molecule has 0 atom stereocenters. The number of hydrogen-bond donors (Lipinski definition) is 2. The van der Waals surface area contributed by atoms with Gasteiger partial charge < -0.3 is 15.4 Å². The molecule has 0 bridgehead atoms. The second kappa shape index (κ2) is 8.42. The summed E-state index contributed by atoms with van der Waals surface area (Å²) in [5.74, 6) is 0.785. The number of pyridine rings is 2. The molecule has 1 saturated heterocycles. The number of nitrogens with one attached hydrogen (secondary N) is 2. The van der Waals surface area contributed by atoms with Crippen LogP contribution in [0.4, 0.5) is 16.8 Å². The predicted octanol–water partition coefficient (Wildman–Crippen LogP) is 2.79. The molecular weight excluding hydrogens is 376 g/mol. The number of morpholine rings is 1. The summed E-state index contributed by atoms with van der Waals surface area (Å²) in [5, 5.41) is 6.68. The lowest BCUT2D eigenvalue weighted by atomic mass is 10.2. The van der Waals surface area contributed by atoms with E-state index in [1.54, 1.807) is 6.20 Å². The minimum Gasteiger partial charge on any atom is -0.379 e. The van der Waals surface area contributed by atoms with Crippen molar-refractivity contribution in [1.29, 1.82) is 0 Å². The van der Waals surface area contributed by atoms with Crippen molar-refractivity contribution >= 4 is 44.4 Å². The summed E-state index contributed by atoms with van der Waals surface area (Å²) in [5.41, 5.74) is 1.87. The number of rotatable bonds is 6. The van der Waals surface area contributed by atoms with Crippen LogP contribution in [0.3, 0.4) is 0 Å². The monoisotopic (exact) mass is 396 g/mol. The van der Waals surface area contributed by atoms with Gasteiger partial charge >= 0.3 is 0 Å². The van der Waals surface area contributed by atoms with Gasteiger partial charge in [-0.3, -0.25) is 9.69 Å². The van der Waals surface area contributed by atoms with Crippen LogP contribution in [0.1, 0.15) is 5.56 Å². The van der Waals surface area contributed by atoms with Gasteiger partial charge in [0.05, 0.1) is 13.2 Å². The predicted molar refractivity (Wildman–Crippen MR) is 110 cm³/mol. The zero-order valence-corrected chi connectivity index (χ0v) is 16.0. The van der Waals surface area contributed by atoms with E-state index in [0.717, 1.165) is 48.8 Å². The Hall–Kier alpha value is -2.88. The number of hydrogen-bond acceptors (Lipinski definition) is 8. The molecule has 0 unspecified atom stereocenters. The van der Waals surface area contributed by atoms with Gasteiger partial charge in [0.15, 0.2) is 5.13 Å². The lowest BCUT2D eigenvalue weighted by Gasteiger charge is -2.26. The van der Waals surface area contributed by atoms with Crippen LogP contribution >= 0.6 is 11.3 Å². The quantitative estimate of drug-likeness (QED) is 0.619. The molecule has 9 heteroatoms. The van der Waals surface area contributed by atoms with Gasteiger partial charge in [-0.1, -0.05) is 17.9 Å². The summed E-state index contributed by atoms with van der Waals surface area (Å²) in [4.78, 5) is 28.2. The van der Waals surface area contributed by atoms with E-state index in [9.17, 15) is 4.79 Å². The molecule has 0 aliphatic carbocycles. The van der Waals surface area contributed by atoms with E-state index < -0.39 is 0 Å².